The van der Waals surface area contributed by atoms with E-state index in [-0.39, 0.29) is 0 Å². The predicted octanol–water partition coefficient (Wildman–Crippen LogP) is 1.02. The topological polar surface area (TPSA) is 17.8 Å². The maximum absolute atomic E-state index is 4.04. The molecule has 0 spiro atoms. The molecule has 44 valence electrons. The fraction of sp³-hybridized carbons (Fsp3) is 0.400. The van der Waals surface area contributed by atoms with Gasteiger partial charge in [-0.25, -0.2) is 0 Å². The normalized spacial score (nSPS) is 9.88. The monoisotopic (exact) mass is 128 g/mol. The summed E-state index contributed by atoms with van der Waals surface area (Å²) in [6, 6.07) is 1.92. The SMILES string of the molecule is Cc1cc(S)nn1C. The lowest BCUT2D eigenvalue weighted by Crippen LogP contribution is -1.91. The van der Waals surface area contributed by atoms with E-state index in [9.17, 15) is 0 Å². The molecule has 0 radical (unpaired) electrons. The molecule has 0 unspecified atom stereocenters. The van der Waals surface area contributed by atoms with Crippen molar-refractivity contribution in [3.8, 4) is 0 Å². The first-order valence-electron chi connectivity index (χ1n) is 2.40. The minimum absolute atomic E-state index is 0.782. The molecule has 0 atom stereocenters. The van der Waals surface area contributed by atoms with E-state index in [1.54, 1.807) is 4.68 Å². The summed E-state index contributed by atoms with van der Waals surface area (Å²) in [6.07, 6.45) is 0. The highest BCUT2D eigenvalue weighted by Gasteiger charge is 1.92. The molecular weight excluding hydrogens is 120 g/mol. The molecule has 8 heavy (non-hydrogen) atoms. The van der Waals surface area contributed by atoms with Crippen molar-refractivity contribution in [1.82, 2.24) is 9.78 Å². The van der Waals surface area contributed by atoms with Gasteiger partial charge in [0.05, 0.1) is 0 Å². The van der Waals surface area contributed by atoms with Crippen LogP contribution in [-0.4, -0.2) is 9.78 Å². The van der Waals surface area contributed by atoms with E-state index >= 15 is 0 Å². The van der Waals surface area contributed by atoms with E-state index in [2.05, 4.69) is 17.7 Å². The lowest BCUT2D eigenvalue weighted by atomic mass is 10.5. The Morgan fingerprint density at radius 3 is 2.50 bits per heavy atom. The average molecular weight is 128 g/mol. The third-order valence-electron chi connectivity index (χ3n) is 1.10. The first kappa shape index (κ1) is 5.69. The van der Waals surface area contributed by atoms with E-state index in [0.29, 0.717) is 0 Å². The molecule has 3 heteroatoms. The van der Waals surface area contributed by atoms with Crippen LogP contribution in [0.25, 0.3) is 0 Å². The van der Waals surface area contributed by atoms with Gasteiger partial charge in [0, 0.05) is 12.7 Å². The molecular formula is C5H8N2S. The zero-order valence-electron chi connectivity index (χ0n) is 4.92. The Hall–Kier alpha value is -0.440. The Balaban J connectivity index is 3.14. The maximum atomic E-state index is 4.04. The zero-order valence-corrected chi connectivity index (χ0v) is 5.81. The van der Waals surface area contributed by atoms with E-state index in [4.69, 9.17) is 0 Å². The first-order chi connectivity index (χ1) is 3.70. The van der Waals surface area contributed by atoms with Crippen LogP contribution in [0.5, 0.6) is 0 Å². The number of hydrogen-bond acceptors (Lipinski definition) is 2. The van der Waals surface area contributed by atoms with Crippen LogP contribution < -0.4 is 0 Å². The van der Waals surface area contributed by atoms with Gasteiger partial charge in [-0.2, -0.15) is 5.10 Å². The van der Waals surface area contributed by atoms with Gasteiger partial charge in [0.15, 0.2) is 0 Å². The smallest absolute Gasteiger partial charge is 0.115 e. The molecule has 1 aromatic rings. The van der Waals surface area contributed by atoms with Gasteiger partial charge in [-0.05, 0) is 13.0 Å². The third-order valence-corrected chi connectivity index (χ3v) is 1.32. The Kier molecular flexibility index (Phi) is 1.29. The van der Waals surface area contributed by atoms with Crippen LogP contribution >= 0.6 is 12.6 Å². The van der Waals surface area contributed by atoms with E-state index in [1.807, 2.05) is 20.0 Å². The van der Waals surface area contributed by atoms with E-state index in [0.717, 1.165) is 10.7 Å². The van der Waals surface area contributed by atoms with Crippen molar-refractivity contribution >= 4 is 12.6 Å². The van der Waals surface area contributed by atoms with Gasteiger partial charge in [-0.3, -0.25) is 4.68 Å². The number of hydrogen-bond donors (Lipinski definition) is 1. The fourth-order valence-corrected chi connectivity index (χ4v) is 0.863. The second kappa shape index (κ2) is 1.82. The van der Waals surface area contributed by atoms with Gasteiger partial charge in [0.2, 0.25) is 0 Å². The second-order valence-corrected chi connectivity index (χ2v) is 2.23. The molecule has 0 fully saturated rings. The summed E-state index contributed by atoms with van der Waals surface area (Å²) in [5, 5.41) is 4.77. The highest BCUT2D eigenvalue weighted by molar-refractivity contribution is 7.80. The Morgan fingerprint density at radius 1 is 1.75 bits per heavy atom. The van der Waals surface area contributed by atoms with Crippen molar-refractivity contribution in [3.05, 3.63) is 11.8 Å². The molecule has 0 N–H and O–H groups in total. The van der Waals surface area contributed by atoms with Crippen LogP contribution in [0.15, 0.2) is 11.1 Å². The Bertz CT molecular complexity index is 173. The quantitative estimate of drug-likeness (QED) is 0.516. The van der Waals surface area contributed by atoms with Crippen LogP contribution in [-0.2, 0) is 7.05 Å². The van der Waals surface area contributed by atoms with Gasteiger partial charge < -0.3 is 0 Å². The summed E-state index contributed by atoms with van der Waals surface area (Å²) >= 11 is 4.04. The molecule has 2 nitrogen and oxygen atoms in total. The maximum Gasteiger partial charge on any atom is 0.115 e. The molecule has 1 heterocycles. The molecule has 0 aliphatic heterocycles. The highest BCUT2D eigenvalue weighted by atomic mass is 32.1. The van der Waals surface area contributed by atoms with Gasteiger partial charge in [0.25, 0.3) is 0 Å². The lowest BCUT2D eigenvalue weighted by Gasteiger charge is -1.87. The molecule has 1 aromatic heterocycles. The molecule has 0 saturated carbocycles. The van der Waals surface area contributed by atoms with Crippen molar-refractivity contribution in [1.29, 1.82) is 0 Å². The number of nitrogens with zero attached hydrogens (tertiary/aromatic N) is 2. The fourth-order valence-electron chi connectivity index (χ4n) is 0.542. The van der Waals surface area contributed by atoms with Crippen LogP contribution in [0.1, 0.15) is 5.69 Å². The number of aryl methyl sites for hydroxylation is 2. The molecule has 0 amide bonds. The molecule has 0 aromatic carbocycles. The molecule has 0 saturated heterocycles. The number of aromatic nitrogens is 2. The summed E-state index contributed by atoms with van der Waals surface area (Å²) in [7, 11) is 1.90. The van der Waals surface area contributed by atoms with Crippen molar-refractivity contribution in [2.45, 2.75) is 11.9 Å². The minimum atomic E-state index is 0.782. The van der Waals surface area contributed by atoms with E-state index < -0.39 is 0 Å². The molecule has 0 aliphatic rings. The first-order valence-corrected chi connectivity index (χ1v) is 2.84. The van der Waals surface area contributed by atoms with Crippen LogP contribution in [0.2, 0.25) is 0 Å². The van der Waals surface area contributed by atoms with Crippen molar-refractivity contribution in [2.75, 3.05) is 0 Å². The van der Waals surface area contributed by atoms with Gasteiger partial charge in [0.1, 0.15) is 5.03 Å². The standard InChI is InChI=1S/C5H8N2S/c1-4-3-5(8)6-7(4)2/h3H,1-2H3,(H,6,8). The predicted molar refractivity (Wildman–Crippen MR) is 35.2 cm³/mol. The third kappa shape index (κ3) is 0.865. The lowest BCUT2D eigenvalue weighted by molar-refractivity contribution is 0.717. The summed E-state index contributed by atoms with van der Waals surface area (Å²) in [5.41, 5.74) is 1.13. The molecule has 0 aliphatic carbocycles. The van der Waals surface area contributed by atoms with Crippen LogP contribution in [0, 0.1) is 6.92 Å². The highest BCUT2D eigenvalue weighted by Crippen LogP contribution is 2.03. The second-order valence-electron chi connectivity index (χ2n) is 1.77. The summed E-state index contributed by atoms with van der Waals surface area (Å²) < 4.78 is 1.79. The zero-order chi connectivity index (χ0) is 6.15. The largest absolute Gasteiger partial charge is 0.272 e. The van der Waals surface area contributed by atoms with E-state index in [1.165, 1.54) is 0 Å². The van der Waals surface area contributed by atoms with Gasteiger partial charge >= 0.3 is 0 Å². The molecule has 1 rings (SSSR count). The Morgan fingerprint density at radius 2 is 2.38 bits per heavy atom. The number of rotatable bonds is 0. The van der Waals surface area contributed by atoms with Crippen LogP contribution in [0.4, 0.5) is 0 Å². The van der Waals surface area contributed by atoms with Crippen molar-refractivity contribution < 1.29 is 0 Å². The summed E-state index contributed by atoms with van der Waals surface area (Å²) in [5.74, 6) is 0. The Labute approximate surface area is 53.9 Å². The minimum Gasteiger partial charge on any atom is -0.272 e. The van der Waals surface area contributed by atoms with Crippen molar-refractivity contribution in [3.63, 3.8) is 0 Å². The number of thiol groups is 1. The summed E-state index contributed by atoms with van der Waals surface area (Å²) in [4.78, 5) is 0. The van der Waals surface area contributed by atoms with Gasteiger partial charge in [-0.15, -0.1) is 12.6 Å². The molecule has 0 bridgehead atoms. The van der Waals surface area contributed by atoms with Gasteiger partial charge in [-0.1, -0.05) is 0 Å². The van der Waals surface area contributed by atoms with Crippen molar-refractivity contribution in [2.24, 2.45) is 7.05 Å². The summed E-state index contributed by atoms with van der Waals surface area (Å²) in [6.45, 7) is 1.99. The average Bonchev–Trinajstić information content (AvgIpc) is 1.85. The van der Waals surface area contributed by atoms with Crippen LogP contribution in [0.3, 0.4) is 0 Å².